The summed E-state index contributed by atoms with van der Waals surface area (Å²) >= 11 is 3.42. The highest BCUT2D eigenvalue weighted by atomic mass is 127. The quantitative estimate of drug-likeness (QED) is 0.482. The van der Waals surface area contributed by atoms with Gasteiger partial charge in [0.15, 0.2) is 0 Å². The summed E-state index contributed by atoms with van der Waals surface area (Å²) in [5, 5.41) is 0.178. The van der Waals surface area contributed by atoms with Crippen LogP contribution in [0.4, 0.5) is 0 Å². The van der Waals surface area contributed by atoms with E-state index in [0.29, 0.717) is 6.16 Å². The standard InChI is InChI=1S/C8H16IO3PS/c1-6(12-7(2)9)8-4-3-5-13(10,11)14-8/h6-8H,3-5H2,1-2H3,(H,10,11). The summed E-state index contributed by atoms with van der Waals surface area (Å²) in [6.45, 7) is 1.05. The smallest absolute Gasteiger partial charge is 0.255 e. The second kappa shape index (κ2) is 5.53. The van der Waals surface area contributed by atoms with Crippen LogP contribution in [0.2, 0.25) is 0 Å². The van der Waals surface area contributed by atoms with Crippen LogP contribution in [0, 0.1) is 0 Å². The zero-order chi connectivity index (χ0) is 10.8. The van der Waals surface area contributed by atoms with Gasteiger partial charge in [0.05, 0.1) is 6.10 Å². The normalized spacial score (nSPS) is 37.9. The van der Waals surface area contributed by atoms with Gasteiger partial charge in [-0.2, -0.15) is 0 Å². The van der Waals surface area contributed by atoms with Crippen LogP contribution < -0.4 is 0 Å². The van der Waals surface area contributed by atoms with Gasteiger partial charge in [0.25, 0.3) is 6.57 Å². The summed E-state index contributed by atoms with van der Waals surface area (Å²) in [7, 11) is 0. The minimum atomic E-state index is -2.91. The summed E-state index contributed by atoms with van der Waals surface area (Å²) in [6, 6.07) is 0. The molecule has 3 nitrogen and oxygen atoms in total. The lowest BCUT2D eigenvalue weighted by molar-refractivity contribution is 0.0621. The first kappa shape index (κ1) is 13.3. The van der Waals surface area contributed by atoms with Crippen molar-refractivity contribution in [3.8, 4) is 0 Å². The van der Waals surface area contributed by atoms with E-state index in [1.807, 2.05) is 13.8 Å². The van der Waals surface area contributed by atoms with Crippen LogP contribution in [0.15, 0.2) is 0 Å². The van der Waals surface area contributed by atoms with E-state index in [-0.39, 0.29) is 15.5 Å². The molecule has 1 aliphatic rings. The largest absolute Gasteiger partial charge is 0.364 e. The molecule has 0 saturated carbocycles. The molecule has 0 radical (unpaired) electrons. The van der Waals surface area contributed by atoms with Crippen LogP contribution in [0.1, 0.15) is 26.7 Å². The molecule has 0 aromatic heterocycles. The van der Waals surface area contributed by atoms with E-state index in [1.165, 1.54) is 11.4 Å². The molecule has 0 aromatic carbocycles. The highest BCUT2D eigenvalue weighted by molar-refractivity contribution is 14.1. The molecule has 1 heterocycles. The minimum Gasteiger partial charge on any atom is -0.364 e. The number of ether oxygens (including phenoxy) is 1. The van der Waals surface area contributed by atoms with Gasteiger partial charge >= 0.3 is 0 Å². The highest BCUT2D eigenvalue weighted by Crippen LogP contribution is 2.61. The molecule has 4 atom stereocenters. The zero-order valence-electron chi connectivity index (χ0n) is 8.35. The van der Waals surface area contributed by atoms with E-state index >= 15 is 0 Å². The van der Waals surface area contributed by atoms with Gasteiger partial charge in [0, 0.05) is 11.4 Å². The van der Waals surface area contributed by atoms with Crippen molar-refractivity contribution in [2.75, 3.05) is 6.16 Å². The number of hydrogen-bond acceptors (Lipinski definition) is 3. The highest BCUT2D eigenvalue weighted by Gasteiger charge is 2.33. The Morgan fingerprint density at radius 2 is 2.29 bits per heavy atom. The predicted molar refractivity (Wildman–Crippen MR) is 69.3 cm³/mol. The summed E-state index contributed by atoms with van der Waals surface area (Å²) in [5.41, 5.74) is 0. The van der Waals surface area contributed by atoms with Crippen molar-refractivity contribution in [2.45, 2.75) is 42.2 Å². The zero-order valence-corrected chi connectivity index (χ0v) is 12.2. The van der Waals surface area contributed by atoms with Crippen molar-refractivity contribution in [3.63, 3.8) is 0 Å². The van der Waals surface area contributed by atoms with Gasteiger partial charge in [-0.3, -0.25) is 4.57 Å². The Morgan fingerprint density at radius 1 is 1.64 bits per heavy atom. The van der Waals surface area contributed by atoms with Crippen LogP contribution in [-0.4, -0.2) is 26.5 Å². The Bertz CT molecular complexity index is 237. The lowest BCUT2D eigenvalue weighted by atomic mass is 10.2. The summed E-state index contributed by atoms with van der Waals surface area (Å²) in [4.78, 5) is 9.49. The van der Waals surface area contributed by atoms with Crippen molar-refractivity contribution < 1.29 is 14.2 Å². The maximum Gasteiger partial charge on any atom is 0.255 e. The molecule has 1 fully saturated rings. The topological polar surface area (TPSA) is 46.5 Å². The molecule has 14 heavy (non-hydrogen) atoms. The van der Waals surface area contributed by atoms with Crippen molar-refractivity contribution in [3.05, 3.63) is 0 Å². The number of rotatable bonds is 3. The summed E-state index contributed by atoms with van der Waals surface area (Å²) in [6.07, 6.45) is 2.35. The first-order valence-corrected chi connectivity index (χ1v) is 9.28. The van der Waals surface area contributed by atoms with E-state index in [1.54, 1.807) is 0 Å². The van der Waals surface area contributed by atoms with Gasteiger partial charge in [-0.1, -0.05) is 34.0 Å². The average Bonchev–Trinajstić information content (AvgIpc) is 2.01. The Hall–Kier alpha value is 1.23. The molecular weight excluding hydrogens is 334 g/mol. The van der Waals surface area contributed by atoms with Crippen molar-refractivity contribution in [1.29, 1.82) is 0 Å². The Morgan fingerprint density at radius 3 is 2.79 bits per heavy atom. The Labute approximate surface area is 103 Å². The van der Waals surface area contributed by atoms with Crippen molar-refractivity contribution in [2.24, 2.45) is 0 Å². The number of alkyl halides is 1. The number of halogens is 1. The van der Waals surface area contributed by atoms with Gasteiger partial charge in [-0.15, -0.1) is 0 Å². The first-order valence-electron chi connectivity index (χ1n) is 4.70. The molecule has 0 aromatic rings. The molecule has 0 amide bonds. The molecule has 6 heteroatoms. The van der Waals surface area contributed by atoms with E-state index in [0.717, 1.165) is 12.8 Å². The summed E-state index contributed by atoms with van der Waals surface area (Å²) < 4.78 is 17.3. The Kier molecular flexibility index (Phi) is 5.25. The maximum absolute atomic E-state index is 11.5. The lowest BCUT2D eigenvalue weighted by Crippen LogP contribution is -2.27. The van der Waals surface area contributed by atoms with Crippen LogP contribution in [-0.2, 0) is 9.30 Å². The van der Waals surface area contributed by atoms with Gasteiger partial charge in [0.2, 0.25) is 0 Å². The predicted octanol–water partition coefficient (Wildman–Crippen LogP) is 3.25. The SMILES string of the molecule is CC(I)OC(C)C1CCCP(=O)(O)S1. The fourth-order valence-corrected chi connectivity index (χ4v) is 6.40. The molecule has 1 aliphatic heterocycles. The summed E-state index contributed by atoms with van der Waals surface area (Å²) in [5.74, 6) is 0. The van der Waals surface area contributed by atoms with Crippen LogP contribution in [0.3, 0.4) is 0 Å². The molecule has 84 valence electrons. The third kappa shape index (κ3) is 4.39. The second-order valence-electron chi connectivity index (χ2n) is 3.53. The van der Waals surface area contributed by atoms with Crippen LogP contribution in [0.25, 0.3) is 0 Å². The van der Waals surface area contributed by atoms with E-state index < -0.39 is 6.57 Å². The van der Waals surface area contributed by atoms with E-state index in [4.69, 9.17) is 4.74 Å². The molecule has 1 saturated heterocycles. The van der Waals surface area contributed by atoms with Crippen molar-refractivity contribution >= 4 is 40.5 Å². The minimum absolute atomic E-state index is 0.0627. The molecule has 0 spiro atoms. The van der Waals surface area contributed by atoms with E-state index in [9.17, 15) is 9.46 Å². The van der Waals surface area contributed by atoms with Gasteiger partial charge < -0.3 is 9.63 Å². The van der Waals surface area contributed by atoms with Crippen LogP contribution in [0.5, 0.6) is 0 Å². The molecule has 1 N–H and O–H groups in total. The van der Waals surface area contributed by atoms with Crippen molar-refractivity contribution in [1.82, 2.24) is 0 Å². The molecular formula is C8H16IO3PS. The Balaban J connectivity index is 2.47. The first-order chi connectivity index (χ1) is 6.41. The monoisotopic (exact) mass is 350 g/mol. The van der Waals surface area contributed by atoms with Crippen LogP contribution >= 0.6 is 40.5 Å². The van der Waals surface area contributed by atoms with Gasteiger partial charge in [-0.25, -0.2) is 0 Å². The third-order valence-electron chi connectivity index (χ3n) is 2.16. The fraction of sp³-hybridized carbons (Fsp3) is 1.00. The maximum atomic E-state index is 11.5. The lowest BCUT2D eigenvalue weighted by Gasteiger charge is -2.30. The van der Waals surface area contributed by atoms with Gasteiger partial charge in [0.1, 0.15) is 4.11 Å². The molecule has 4 unspecified atom stereocenters. The molecule has 0 bridgehead atoms. The fourth-order valence-electron chi connectivity index (χ4n) is 1.51. The molecule has 1 rings (SSSR count). The second-order valence-corrected chi connectivity index (χ2v) is 10.2. The molecule has 0 aliphatic carbocycles. The average molecular weight is 350 g/mol. The van der Waals surface area contributed by atoms with Gasteiger partial charge in [-0.05, 0) is 26.7 Å². The van der Waals surface area contributed by atoms with E-state index in [2.05, 4.69) is 22.6 Å². The third-order valence-corrected chi connectivity index (χ3v) is 6.90. The number of hydrogen-bond donors (Lipinski definition) is 1.